The number of halogens is 4. The molecule has 0 amide bonds. The third kappa shape index (κ3) is 3.20. The summed E-state index contributed by atoms with van der Waals surface area (Å²) in [5, 5.41) is 0.157. The zero-order valence-corrected chi connectivity index (χ0v) is 7.94. The highest BCUT2D eigenvalue weighted by molar-refractivity contribution is 6.30. The molecule has 0 saturated carbocycles. The van der Waals surface area contributed by atoms with Gasteiger partial charge in [0.1, 0.15) is 5.82 Å². The maximum atomic E-state index is 12.8. The number of rotatable bonds is 3. The monoisotopic (exact) mass is 223 g/mol. The van der Waals surface area contributed by atoms with Crippen LogP contribution in [0.1, 0.15) is 18.0 Å². The first-order valence-electron chi connectivity index (χ1n) is 3.98. The van der Waals surface area contributed by atoms with Crippen molar-refractivity contribution < 1.29 is 13.2 Å². The topological polar surface area (TPSA) is 26.0 Å². The minimum absolute atomic E-state index is 0.157. The van der Waals surface area contributed by atoms with Crippen molar-refractivity contribution in [1.82, 2.24) is 0 Å². The first kappa shape index (κ1) is 11.3. The molecule has 0 aliphatic heterocycles. The van der Waals surface area contributed by atoms with Gasteiger partial charge < -0.3 is 5.73 Å². The van der Waals surface area contributed by atoms with Crippen LogP contribution < -0.4 is 5.73 Å². The number of alkyl halides is 2. The molecular formula is C9H9ClF3N. The minimum Gasteiger partial charge on any atom is -0.324 e. The average molecular weight is 224 g/mol. The van der Waals surface area contributed by atoms with E-state index in [4.69, 9.17) is 17.3 Å². The third-order valence-electron chi connectivity index (χ3n) is 1.75. The Labute approximate surface area is 84.7 Å². The predicted octanol–water partition coefficient (Wildman–Crippen LogP) is 3.13. The third-order valence-corrected chi connectivity index (χ3v) is 1.96. The molecular weight excluding hydrogens is 215 g/mol. The van der Waals surface area contributed by atoms with Gasteiger partial charge >= 0.3 is 0 Å². The van der Waals surface area contributed by atoms with Crippen molar-refractivity contribution in [2.75, 3.05) is 0 Å². The van der Waals surface area contributed by atoms with E-state index in [1.54, 1.807) is 0 Å². The smallest absolute Gasteiger partial charge is 0.240 e. The molecule has 1 atom stereocenters. The lowest BCUT2D eigenvalue weighted by molar-refractivity contribution is 0.128. The molecule has 0 aliphatic carbocycles. The minimum atomic E-state index is -2.51. The van der Waals surface area contributed by atoms with Crippen LogP contribution in [-0.4, -0.2) is 6.43 Å². The van der Waals surface area contributed by atoms with E-state index in [0.717, 1.165) is 12.1 Å². The summed E-state index contributed by atoms with van der Waals surface area (Å²) in [6.45, 7) is 0. The SMILES string of the molecule is N[C@@H](CC(F)F)c1cc(F)cc(Cl)c1. The lowest BCUT2D eigenvalue weighted by atomic mass is 10.1. The maximum absolute atomic E-state index is 12.8. The van der Waals surface area contributed by atoms with E-state index in [0.29, 0.717) is 0 Å². The van der Waals surface area contributed by atoms with Crippen LogP contribution in [0.5, 0.6) is 0 Å². The normalized spacial score (nSPS) is 13.3. The highest BCUT2D eigenvalue weighted by atomic mass is 35.5. The van der Waals surface area contributed by atoms with Gasteiger partial charge in [-0.15, -0.1) is 0 Å². The fraction of sp³-hybridized carbons (Fsp3) is 0.333. The molecule has 0 heterocycles. The van der Waals surface area contributed by atoms with Crippen LogP contribution in [0.25, 0.3) is 0 Å². The van der Waals surface area contributed by atoms with Crippen LogP contribution in [0.2, 0.25) is 5.02 Å². The van der Waals surface area contributed by atoms with E-state index in [9.17, 15) is 13.2 Å². The fourth-order valence-electron chi connectivity index (χ4n) is 1.12. The van der Waals surface area contributed by atoms with Crippen molar-refractivity contribution in [2.45, 2.75) is 18.9 Å². The van der Waals surface area contributed by atoms with Gasteiger partial charge in [0.2, 0.25) is 6.43 Å². The predicted molar refractivity (Wildman–Crippen MR) is 49.0 cm³/mol. The fourth-order valence-corrected chi connectivity index (χ4v) is 1.35. The van der Waals surface area contributed by atoms with Gasteiger partial charge in [0.05, 0.1) is 0 Å². The van der Waals surface area contributed by atoms with Gasteiger partial charge in [-0.2, -0.15) is 0 Å². The van der Waals surface area contributed by atoms with Crippen LogP contribution in [0.3, 0.4) is 0 Å². The Morgan fingerprint density at radius 1 is 1.29 bits per heavy atom. The second-order valence-corrected chi connectivity index (χ2v) is 3.37. The van der Waals surface area contributed by atoms with E-state index < -0.39 is 24.7 Å². The Balaban J connectivity index is 2.84. The molecule has 1 nitrogen and oxygen atoms in total. The number of benzene rings is 1. The molecule has 0 aliphatic rings. The van der Waals surface area contributed by atoms with E-state index in [2.05, 4.69) is 0 Å². The van der Waals surface area contributed by atoms with E-state index in [1.165, 1.54) is 6.07 Å². The Hall–Kier alpha value is -0.740. The van der Waals surface area contributed by atoms with Gasteiger partial charge in [0, 0.05) is 17.5 Å². The van der Waals surface area contributed by atoms with Gasteiger partial charge in [0.15, 0.2) is 0 Å². The van der Waals surface area contributed by atoms with Gasteiger partial charge in [0.25, 0.3) is 0 Å². The van der Waals surface area contributed by atoms with Gasteiger partial charge in [-0.05, 0) is 23.8 Å². The lowest BCUT2D eigenvalue weighted by Gasteiger charge is -2.11. The first-order valence-corrected chi connectivity index (χ1v) is 4.36. The van der Waals surface area contributed by atoms with E-state index in [-0.39, 0.29) is 10.6 Å². The van der Waals surface area contributed by atoms with Gasteiger partial charge in [-0.25, -0.2) is 13.2 Å². The molecule has 1 aromatic carbocycles. The van der Waals surface area contributed by atoms with Crippen LogP contribution in [0.15, 0.2) is 18.2 Å². The number of hydrogen-bond donors (Lipinski definition) is 1. The van der Waals surface area contributed by atoms with Crippen LogP contribution in [0.4, 0.5) is 13.2 Å². The second kappa shape index (κ2) is 4.66. The first-order chi connectivity index (χ1) is 6.49. The summed E-state index contributed by atoms with van der Waals surface area (Å²) in [6.07, 6.45) is -3.01. The Bertz CT molecular complexity index is 297. The summed E-state index contributed by atoms with van der Waals surface area (Å²) in [7, 11) is 0. The zero-order chi connectivity index (χ0) is 10.7. The zero-order valence-electron chi connectivity index (χ0n) is 7.18. The molecule has 1 aromatic rings. The summed E-state index contributed by atoms with van der Waals surface area (Å²) < 4.78 is 36.7. The molecule has 0 aromatic heterocycles. The van der Waals surface area contributed by atoms with Crippen molar-refractivity contribution >= 4 is 11.6 Å². The molecule has 1 rings (SSSR count). The Kier molecular flexibility index (Phi) is 3.77. The number of hydrogen-bond acceptors (Lipinski definition) is 1. The van der Waals surface area contributed by atoms with Crippen LogP contribution >= 0.6 is 11.6 Å². The van der Waals surface area contributed by atoms with Gasteiger partial charge in [-0.1, -0.05) is 11.6 Å². The summed E-state index contributed by atoms with van der Waals surface area (Å²) in [6, 6.07) is 2.71. The Morgan fingerprint density at radius 2 is 1.93 bits per heavy atom. The highest BCUT2D eigenvalue weighted by Crippen LogP contribution is 2.22. The number of nitrogens with two attached hydrogens (primary N) is 1. The molecule has 0 bridgehead atoms. The summed E-state index contributed by atoms with van der Waals surface area (Å²) >= 11 is 5.55. The quantitative estimate of drug-likeness (QED) is 0.837. The molecule has 0 saturated heterocycles. The Morgan fingerprint density at radius 3 is 2.43 bits per heavy atom. The molecule has 14 heavy (non-hydrogen) atoms. The average Bonchev–Trinajstić information content (AvgIpc) is 2.00. The molecule has 0 unspecified atom stereocenters. The molecule has 0 spiro atoms. The van der Waals surface area contributed by atoms with Crippen molar-refractivity contribution in [3.63, 3.8) is 0 Å². The molecule has 2 N–H and O–H groups in total. The van der Waals surface area contributed by atoms with Crippen molar-refractivity contribution in [2.24, 2.45) is 5.73 Å². The summed E-state index contributed by atoms with van der Waals surface area (Å²) in [5.74, 6) is -0.572. The van der Waals surface area contributed by atoms with Crippen molar-refractivity contribution in [1.29, 1.82) is 0 Å². The van der Waals surface area contributed by atoms with E-state index in [1.807, 2.05) is 0 Å². The van der Waals surface area contributed by atoms with Crippen LogP contribution in [0, 0.1) is 5.82 Å². The molecule has 0 radical (unpaired) electrons. The second-order valence-electron chi connectivity index (χ2n) is 2.94. The van der Waals surface area contributed by atoms with Crippen molar-refractivity contribution in [3.05, 3.63) is 34.6 Å². The standard InChI is InChI=1S/C9H9ClF3N/c10-6-1-5(2-7(11)3-6)8(14)4-9(12)13/h1-3,8-9H,4,14H2/t8-/m0/s1. The van der Waals surface area contributed by atoms with Gasteiger partial charge in [-0.3, -0.25) is 0 Å². The van der Waals surface area contributed by atoms with Crippen molar-refractivity contribution in [3.8, 4) is 0 Å². The summed E-state index contributed by atoms with van der Waals surface area (Å²) in [4.78, 5) is 0. The largest absolute Gasteiger partial charge is 0.324 e. The summed E-state index contributed by atoms with van der Waals surface area (Å²) in [5.41, 5.74) is 5.72. The van der Waals surface area contributed by atoms with E-state index >= 15 is 0 Å². The molecule has 78 valence electrons. The lowest BCUT2D eigenvalue weighted by Crippen LogP contribution is -2.14. The highest BCUT2D eigenvalue weighted by Gasteiger charge is 2.14. The van der Waals surface area contributed by atoms with Crippen LogP contribution in [-0.2, 0) is 0 Å². The molecule has 0 fully saturated rings. The maximum Gasteiger partial charge on any atom is 0.240 e. The molecule has 5 heteroatoms.